The lowest BCUT2D eigenvalue weighted by molar-refractivity contribution is 0.0721. The molecule has 2 fully saturated rings. The van der Waals surface area contributed by atoms with Gasteiger partial charge in [-0.25, -0.2) is 9.97 Å². The largest absolute Gasteiger partial charge is 0.508 e. The maximum atomic E-state index is 12.4. The fourth-order valence-corrected chi connectivity index (χ4v) is 6.38. The molecule has 2 saturated heterocycles. The van der Waals surface area contributed by atoms with Gasteiger partial charge in [-0.2, -0.15) is 0 Å². The second kappa shape index (κ2) is 15.9. The number of carbonyl (C=O) groups excluding carboxylic acids is 2. The Balaban J connectivity index is 0.000000178. The average molecular weight is 639 g/mol. The van der Waals surface area contributed by atoms with Gasteiger partial charge in [0.05, 0.1) is 19.5 Å². The first-order valence-corrected chi connectivity index (χ1v) is 16.6. The molecule has 6 rings (SSSR count). The van der Waals surface area contributed by atoms with E-state index in [0.717, 1.165) is 68.7 Å². The van der Waals surface area contributed by atoms with Gasteiger partial charge in [-0.1, -0.05) is 24.0 Å². The number of piperidine rings is 2. The molecule has 0 unspecified atom stereocenters. The Bertz CT molecular complexity index is 1750. The zero-order valence-electron chi connectivity index (χ0n) is 25.1. The summed E-state index contributed by atoms with van der Waals surface area (Å²) in [5, 5.41) is 10.7. The van der Waals surface area contributed by atoms with E-state index in [1.165, 1.54) is 35.5 Å². The summed E-state index contributed by atoms with van der Waals surface area (Å²) in [5.41, 5.74) is 1.59. The quantitative estimate of drug-likeness (QED) is 0.275. The van der Waals surface area contributed by atoms with E-state index in [2.05, 4.69) is 33.6 Å². The van der Waals surface area contributed by atoms with E-state index in [1.54, 1.807) is 37.7 Å². The first kappa shape index (κ1) is 31.8. The average Bonchev–Trinajstić information content (AvgIpc) is 3.77. The van der Waals surface area contributed by atoms with Crippen LogP contribution in [0.5, 0.6) is 11.5 Å². The molecule has 0 aliphatic carbocycles. The molecular formula is C35H34N4O4S2. The van der Waals surface area contributed by atoms with E-state index in [4.69, 9.17) is 4.74 Å². The van der Waals surface area contributed by atoms with E-state index in [9.17, 15) is 14.7 Å². The molecule has 2 aromatic heterocycles. The monoisotopic (exact) mass is 638 g/mol. The summed E-state index contributed by atoms with van der Waals surface area (Å²) in [6.45, 7) is 3.37. The van der Waals surface area contributed by atoms with Crippen LogP contribution in [0.3, 0.4) is 0 Å². The highest BCUT2D eigenvalue weighted by Crippen LogP contribution is 2.20. The normalized spacial score (nSPS) is 14.2. The smallest absolute Gasteiger partial charge is 0.265 e. The summed E-state index contributed by atoms with van der Waals surface area (Å²) in [6, 6.07) is 14.3. The highest BCUT2D eigenvalue weighted by atomic mass is 32.1. The van der Waals surface area contributed by atoms with Crippen molar-refractivity contribution in [3.8, 4) is 35.2 Å². The van der Waals surface area contributed by atoms with Gasteiger partial charge in [0.1, 0.15) is 21.3 Å². The second-order valence-corrected chi connectivity index (χ2v) is 12.6. The number of phenols is 1. The molecule has 1 N–H and O–H groups in total. The molecule has 0 saturated carbocycles. The summed E-state index contributed by atoms with van der Waals surface area (Å²) in [6.07, 6.45) is 9.99. The minimum absolute atomic E-state index is 0.0580. The number of phenolic OH excluding ortho intramolecular Hbond substituents is 1. The zero-order valence-corrected chi connectivity index (χ0v) is 26.8. The van der Waals surface area contributed by atoms with Gasteiger partial charge in [0, 0.05) is 37.3 Å². The molecule has 0 radical (unpaired) electrons. The minimum Gasteiger partial charge on any atom is -0.508 e. The van der Waals surface area contributed by atoms with Crippen molar-refractivity contribution in [2.45, 2.75) is 38.5 Å². The highest BCUT2D eigenvalue weighted by Gasteiger charge is 2.21. The fraction of sp³-hybridized carbons (Fsp3) is 0.314. The summed E-state index contributed by atoms with van der Waals surface area (Å²) < 4.78 is 5.18. The third kappa shape index (κ3) is 9.18. The van der Waals surface area contributed by atoms with E-state index >= 15 is 0 Å². The third-order valence-electron chi connectivity index (χ3n) is 7.26. The number of hydrogen-bond donors (Lipinski definition) is 1. The molecule has 0 spiro atoms. The van der Waals surface area contributed by atoms with Crippen LogP contribution in [0.4, 0.5) is 0 Å². The lowest BCUT2D eigenvalue weighted by Gasteiger charge is -2.25. The van der Waals surface area contributed by atoms with Gasteiger partial charge in [-0.15, -0.1) is 22.7 Å². The van der Waals surface area contributed by atoms with Gasteiger partial charge < -0.3 is 19.6 Å². The van der Waals surface area contributed by atoms with Crippen LogP contribution in [0, 0.1) is 23.7 Å². The Morgan fingerprint density at radius 2 is 1.20 bits per heavy atom. The highest BCUT2D eigenvalue weighted by molar-refractivity contribution is 7.14. The fourth-order valence-electron chi connectivity index (χ4n) is 4.90. The van der Waals surface area contributed by atoms with Crippen molar-refractivity contribution in [3.05, 3.63) is 91.8 Å². The maximum absolute atomic E-state index is 12.4. The SMILES string of the molecule is COc1cccc(C#Cc2ncc(C(=O)N3CCCCC3)s2)c1.O=C(c1cnc(C#Cc2cccc(O)c2)s1)N1CCCCC1. The summed E-state index contributed by atoms with van der Waals surface area (Å²) in [5.74, 6) is 13.1. The van der Waals surface area contributed by atoms with Crippen molar-refractivity contribution in [1.82, 2.24) is 19.8 Å². The molecule has 45 heavy (non-hydrogen) atoms. The van der Waals surface area contributed by atoms with Gasteiger partial charge in [0.2, 0.25) is 0 Å². The van der Waals surface area contributed by atoms with Crippen LogP contribution in [-0.2, 0) is 0 Å². The Hall–Kier alpha value is -4.64. The van der Waals surface area contributed by atoms with Crippen molar-refractivity contribution in [1.29, 1.82) is 0 Å². The number of thiazole rings is 2. The standard InChI is InChI=1S/C18H18N2O2S.C17H16N2O2S/c1-22-15-7-5-6-14(12-15)8-9-17-19-13-16(23-17)18(21)20-10-3-2-4-11-20;20-14-6-4-5-13(11-14)7-8-16-18-12-15(22-16)17(21)19-9-2-1-3-10-19/h5-7,12-13H,2-4,10-11H2,1H3;4-6,11-12,20H,1-3,9-10H2. The number of carbonyl (C=O) groups is 2. The molecule has 2 aromatic carbocycles. The van der Waals surface area contributed by atoms with Crippen LogP contribution in [0.25, 0.3) is 0 Å². The minimum atomic E-state index is 0.0580. The number of methoxy groups -OCH3 is 1. The molecule has 10 heteroatoms. The number of benzene rings is 2. The number of ether oxygens (including phenoxy) is 1. The van der Waals surface area contributed by atoms with Crippen molar-refractivity contribution < 1.29 is 19.4 Å². The van der Waals surface area contributed by atoms with Crippen LogP contribution in [0.1, 0.15) is 79.0 Å². The molecule has 4 heterocycles. The number of amides is 2. The molecule has 0 bridgehead atoms. The van der Waals surface area contributed by atoms with Crippen molar-refractivity contribution >= 4 is 34.5 Å². The van der Waals surface area contributed by atoms with Crippen LogP contribution in [-0.4, -0.2) is 70.0 Å². The third-order valence-corrected chi connectivity index (χ3v) is 9.06. The molecular weight excluding hydrogens is 605 g/mol. The number of rotatable bonds is 3. The first-order valence-electron chi connectivity index (χ1n) is 15.0. The Labute approximate surface area is 271 Å². The summed E-state index contributed by atoms with van der Waals surface area (Å²) in [7, 11) is 1.63. The molecule has 0 atom stereocenters. The van der Waals surface area contributed by atoms with Gasteiger partial charge in [-0.05, 0) is 86.8 Å². The predicted octanol–water partition coefficient (Wildman–Crippen LogP) is 6.05. The van der Waals surface area contributed by atoms with E-state index in [0.29, 0.717) is 19.8 Å². The van der Waals surface area contributed by atoms with Gasteiger partial charge in [0.25, 0.3) is 11.8 Å². The topological polar surface area (TPSA) is 95.9 Å². The lowest BCUT2D eigenvalue weighted by atomic mass is 10.1. The van der Waals surface area contributed by atoms with Gasteiger partial charge >= 0.3 is 0 Å². The second-order valence-electron chi connectivity index (χ2n) is 10.5. The van der Waals surface area contributed by atoms with Crippen molar-refractivity contribution in [2.75, 3.05) is 33.3 Å². The van der Waals surface area contributed by atoms with Crippen LogP contribution >= 0.6 is 22.7 Å². The Morgan fingerprint density at radius 1 is 0.711 bits per heavy atom. The predicted molar refractivity (Wildman–Crippen MR) is 177 cm³/mol. The molecule has 2 aliphatic rings. The van der Waals surface area contributed by atoms with Crippen molar-refractivity contribution in [3.63, 3.8) is 0 Å². The van der Waals surface area contributed by atoms with E-state index < -0.39 is 0 Å². The maximum Gasteiger partial charge on any atom is 0.265 e. The number of nitrogens with zero attached hydrogens (tertiary/aromatic N) is 4. The van der Waals surface area contributed by atoms with Crippen LogP contribution < -0.4 is 4.74 Å². The zero-order chi connectivity index (χ0) is 31.4. The van der Waals surface area contributed by atoms with E-state index in [-0.39, 0.29) is 17.6 Å². The Kier molecular flexibility index (Phi) is 11.2. The molecule has 4 aromatic rings. The van der Waals surface area contributed by atoms with Crippen molar-refractivity contribution in [2.24, 2.45) is 0 Å². The summed E-state index contributed by atoms with van der Waals surface area (Å²) in [4.78, 5) is 38.3. The van der Waals surface area contributed by atoms with Gasteiger partial charge in [0.15, 0.2) is 10.0 Å². The van der Waals surface area contributed by atoms with Gasteiger partial charge in [-0.3, -0.25) is 9.59 Å². The van der Waals surface area contributed by atoms with E-state index in [1.807, 2.05) is 40.1 Å². The molecule has 2 amide bonds. The number of aromatic hydroxyl groups is 1. The lowest BCUT2D eigenvalue weighted by Crippen LogP contribution is -2.35. The number of hydrogen-bond acceptors (Lipinski definition) is 8. The number of aromatic nitrogens is 2. The van der Waals surface area contributed by atoms with Crippen LogP contribution in [0.15, 0.2) is 60.9 Å². The summed E-state index contributed by atoms with van der Waals surface area (Å²) >= 11 is 2.68. The molecule has 8 nitrogen and oxygen atoms in total. The Morgan fingerprint density at radius 3 is 1.69 bits per heavy atom. The molecule has 2 aliphatic heterocycles. The molecule has 230 valence electrons. The van der Waals surface area contributed by atoms with Crippen LogP contribution in [0.2, 0.25) is 0 Å². The number of likely N-dealkylation sites (tertiary alicyclic amines) is 2. The first-order chi connectivity index (χ1) is 22.0.